The van der Waals surface area contributed by atoms with Crippen molar-refractivity contribution < 1.29 is 0 Å². The summed E-state index contributed by atoms with van der Waals surface area (Å²) in [7, 11) is 0.427. The average molecular weight is 398 g/mol. The number of rotatable bonds is 2. The third kappa shape index (κ3) is 2.45. The molecule has 5 rings (SSSR count). The van der Waals surface area contributed by atoms with Gasteiger partial charge in [0, 0.05) is 29.9 Å². The SMILES string of the molecule is CC1=CC2=CC3C(=CC2=C1[Si](C)(C)C1C(C)=Cc2ccccc21)N(C)C(C)=C3C. The molecule has 0 aromatic heterocycles. The third-order valence-electron chi connectivity index (χ3n) is 7.74. The van der Waals surface area contributed by atoms with Gasteiger partial charge >= 0.3 is 0 Å². The van der Waals surface area contributed by atoms with Crippen molar-refractivity contribution in [3.05, 3.63) is 98.1 Å². The highest BCUT2D eigenvalue weighted by Crippen LogP contribution is 2.52. The van der Waals surface area contributed by atoms with Crippen LogP contribution in [-0.4, -0.2) is 20.0 Å². The summed E-state index contributed by atoms with van der Waals surface area (Å²) in [5.74, 6) is 0.445. The van der Waals surface area contributed by atoms with Crippen LogP contribution in [0.15, 0.2) is 86.9 Å². The molecule has 2 atom stereocenters. The molecule has 1 aromatic rings. The number of hydrogen-bond donors (Lipinski definition) is 0. The van der Waals surface area contributed by atoms with Crippen LogP contribution in [0.4, 0.5) is 0 Å². The van der Waals surface area contributed by atoms with Gasteiger partial charge in [-0.15, -0.1) is 0 Å². The zero-order valence-electron chi connectivity index (χ0n) is 18.7. The minimum absolute atomic E-state index is 0.445. The van der Waals surface area contributed by atoms with E-state index in [1.165, 1.54) is 50.4 Å². The first-order valence-electron chi connectivity index (χ1n) is 10.8. The third-order valence-corrected chi connectivity index (χ3v) is 11.9. The van der Waals surface area contributed by atoms with Crippen molar-refractivity contribution in [2.45, 2.75) is 46.3 Å². The Morgan fingerprint density at radius 2 is 1.66 bits per heavy atom. The molecule has 2 unspecified atom stereocenters. The quantitative estimate of drug-likeness (QED) is 0.490. The molecule has 1 heterocycles. The molecule has 0 radical (unpaired) electrons. The van der Waals surface area contributed by atoms with E-state index in [1.54, 1.807) is 5.20 Å². The van der Waals surface area contributed by atoms with Crippen LogP contribution in [-0.2, 0) is 0 Å². The van der Waals surface area contributed by atoms with Crippen LogP contribution in [0.2, 0.25) is 13.1 Å². The molecule has 3 aliphatic carbocycles. The Bertz CT molecular complexity index is 1130. The number of nitrogens with zero attached hydrogens (tertiary/aromatic N) is 1. The van der Waals surface area contributed by atoms with E-state index in [1.807, 2.05) is 0 Å². The fraction of sp³-hybridized carbons (Fsp3) is 0.333. The summed E-state index contributed by atoms with van der Waals surface area (Å²) in [5, 5.41) is 1.65. The van der Waals surface area contributed by atoms with Gasteiger partial charge in [0.25, 0.3) is 0 Å². The second-order valence-electron chi connectivity index (χ2n) is 9.78. The predicted molar refractivity (Wildman–Crippen MR) is 127 cm³/mol. The van der Waals surface area contributed by atoms with E-state index in [0.717, 1.165) is 0 Å². The van der Waals surface area contributed by atoms with Gasteiger partial charge in [0.2, 0.25) is 0 Å². The average Bonchev–Trinajstić information content (AvgIpc) is 3.25. The first-order chi connectivity index (χ1) is 13.7. The van der Waals surface area contributed by atoms with Crippen molar-refractivity contribution in [2.75, 3.05) is 7.05 Å². The first kappa shape index (κ1) is 18.7. The predicted octanol–water partition coefficient (Wildman–Crippen LogP) is 6.91. The highest BCUT2D eigenvalue weighted by Gasteiger charge is 2.44. The lowest BCUT2D eigenvalue weighted by Crippen LogP contribution is -2.38. The van der Waals surface area contributed by atoms with Crippen LogP contribution in [0.3, 0.4) is 0 Å². The van der Waals surface area contributed by atoms with Gasteiger partial charge < -0.3 is 4.90 Å². The van der Waals surface area contributed by atoms with Crippen molar-refractivity contribution in [3.8, 4) is 0 Å². The largest absolute Gasteiger partial charge is 0.351 e. The van der Waals surface area contributed by atoms with E-state index in [-0.39, 0.29) is 0 Å². The molecule has 0 fully saturated rings. The molecule has 0 N–H and O–H groups in total. The van der Waals surface area contributed by atoms with E-state index in [0.29, 0.717) is 11.5 Å². The van der Waals surface area contributed by atoms with Gasteiger partial charge in [0.15, 0.2) is 0 Å². The molecule has 2 heteroatoms. The Kier molecular flexibility index (Phi) is 3.92. The Morgan fingerprint density at radius 3 is 2.41 bits per heavy atom. The van der Waals surface area contributed by atoms with Crippen LogP contribution in [0.5, 0.6) is 0 Å². The van der Waals surface area contributed by atoms with Crippen LogP contribution in [0.25, 0.3) is 6.08 Å². The van der Waals surface area contributed by atoms with Crippen molar-refractivity contribution in [3.63, 3.8) is 0 Å². The van der Waals surface area contributed by atoms with Crippen LogP contribution in [0.1, 0.15) is 44.4 Å². The van der Waals surface area contributed by atoms with E-state index in [2.05, 4.69) is 101 Å². The van der Waals surface area contributed by atoms with Gasteiger partial charge in [-0.3, -0.25) is 0 Å². The summed E-state index contributed by atoms with van der Waals surface area (Å²) in [6.45, 7) is 14.4. The molecule has 29 heavy (non-hydrogen) atoms. The summed E-state index contributed by atoms with van der Waals surface area (Å²) in [5.41, 5.74) is 13.8. The highest BCUT2D eigenvalue weighted by atomic mass is 28.3. The van der Waals surface area contributed by atoms with Crippen molar-refractivity contribution in [2.24, 2.45) is 5.92 Å². The van der Waals surface area contributed by atoms with E-state index in [4.69, 9.17) is 0 Å². The normalized spacial score (nSPS) is 25.6. The maximum absolute atomic E-state index is 2.58. The lowest BCUT2D eigenvalue weighted by Gasteiger charge is -2.35. The molecule has 4 aliphatic rings. The second-order valence-corrected chi connectivity index (χ2v) is 14.3. The Labute approximate surface area is 176 Å². The molecular weight excluding hydrogens is 366 g/mol. The summed E-state index contributed by atoms with van der Waals surface area (Å²) >= 11 is 0. The van der Waals surface area contributed by atoms with Crippen molar-refractivity contribution in [1.82, 2.24) is 4.90 Å². The van der Waals surface area contributed by atoms with Crippen LogP contribution in [0, 0.1) is 5.92 Å². The minimum atomic E-state index is -1.80. The maximum Gasteiger partial charge on any atom is 0.0934 e. The lowest BCUT2D eigenvalue weighted by atomic mass is 9.89. The first-order valence-corrected chi connectivity index (χ1v) is 13.8. The summed E-state index contributed by atoms with van der Waals surface area (Å²) in [4.78, 5) is 2.40. The lowest BCUT2D eigenvalue weighted by molar-refractivity contribution is 0.522. The van der Waals surface area contributed by atoms with Gasteiger partial charge in [0.1, 0.15) is 0 Å². The van der Waals surface area contributed by atoms with E-state index < -0.39 is 8.07 Å². The molecule has 0 bridgehead atoms. The molecule has 0 saturated carbocycles. The number of allylic oxidation sites excluding steroid dienone is 9. The van der Waals surface area contributed by atoms with Gasteiger partial charge in [-0.05, 0) is 66.8 Å². The van der Waals surface area contributed by atoms with Crippen LogP contribution < -0.4 is 0 Å². The zero-order valence-corrected chi connectivity index (χ0v) is 19.7. The molecule has 148 valence electrons. The second kappa shape index (κ2) is 6.09. The fourth-order valence-corrected chi connectivity index (χ4v) is 10.9. The molecule has 0 saturated heterocycles. The monoisotopic (exact) mass is 397 g/mol. The highest BCUT2D eigenvalue weighted by molar-refractivity contribution is 6.87. The molecule has 1 aliphatic heterocycles. The van der Waals surface area contributed by atoms with Gasteiger partial charge in [-0.2, -0.15) is 0 Å². The summed E-state index contributed by atoms with van der Waals surface area (Å²) < 4.78 is 0. The van der Waals surface area contributed by atoms with Crippen molar-refractivity contribution >= 4 is 14.1 Å². The molecule has 0 amide bonds. The zero-order chi connectivity index (χ0) is 20.7. The number of fused-ring (bicyclic) bond motifs is 3. The Balaban J connectivity index is 1.66. The fourth-order valence-electron chi connectivity index (χ4n) is 6.31. The smallest absolute Gasteiger partial charge is 0.0934 e. The van der Waals surface area contributed by atoms with Crippen LogP contribution >= 0.6 is 0 Å². The summed E-state index contributed by atoms with van der Waals surface area (Å²) in [6, 6.07) is 9.01. The van der Waals surface area contributed by atoms with E-state index >= 15 is 0 Å². The Morgan fingerprint density at radius 1 is 0.931 bits per heavy atom. The Hall–Kier alpha value is -2.32. The maximum atomic E-state index is 2.58. The summed E-state index contributed by atoms with van der Waals surface area (Å²) in [6.07, 6.45) is 9.89. The topological polar surface area (TPSA) is 3.24 Å². The van der Waals surface area contributed by atoms with Gasteiger partial charge in [-0.25, -0.2) is 0 Å². The number of benzene rings is 1. The molecule has 0 spiro atoms. The van der Waals surface area contributed by atoms with E-state index in [9.17, 15) is 0 Å². The standard InChI is InChI=1S/C27H31NSi/c1-16-12-20-10-8-9-11-22(20)26(16)29(6,7)27-17(2)13-21-14-23-18(3)19(4)28(5)25(23)15-24(21)27/h8-15,23,26H,1-7H3. The van der Waals surface area contributed by atoms with Crippen molar-refractivity contribution in [1.29, 1.82) is 0 Å². The minimum Gasteiger partial charge on any atom is -0.351 e. The van der Waals surface area contributed by atoms with Gasteiger partial charge in [-0.1, -0.05) is 66.7 Å². The molecule has 1 aromatic carbocycles. The molecular formula is C27H31NSi. The molecule has 1 nitrogen and oxygen atoms in total. The number of hydrogen-bond acceptors (Lipinski definition) is 1. The van der Waals surface area contributed by atoms with Gasteiger partial charge in [0.05, 0.1) is 8.07 Å².